The van der Waals surface area contributed by atoms with Gasteiger partial charge in [0.1, 0.15) is 0 Å². The van der Waals surface area contributed by atoms with E-state index in [9.17, 15) is 4.79 Å². The van der Waals surface area contributed by atoms with E-state index in [1.807, 2.05) is 29.2 Å². The molecular formula is C18H21ClN4O. The maximum absolute atomic E-state index is 12.6. The van der Waals surface area contributed by atoms with Crippen molar-refractivity contribution in [3.8, 4) is 0 Å². The van der Waals surface area contributed by atoms with Gasteiger partial charge in [0.05, 0.1) is 6.04 Å². The summed E-state index contributed by atoms with van der Waals surface area (Å²) < 4.78 is 0. The van der Waals surface area contributed by atoms with Gasteiger partial charge in [0.2, 0.25) is 0 Å². The highest BCUT2D eigenvalue weighted by Crippen LogP contribution is 2.33. The molecule has 1 saturated heterocycles. The topological polar surface area (TPSA) is 61.0 Å². The first kappa shape index (κ1) is 15.5. The van der Waals surface area contributed by atoms with Crippen LogP contribution < -0.4 is 5.32 Å². The lowest BCUT2D eigenvalue weighted by Gasteiger charge is -2.32. The molecular weight excluding hydrogens is 324 g/mol. The molecule has 2 amide bonds. The van der Waals surface area contributed by atoms with Crippen LogP contribution in [-0.2, 0) is 6.42 Å². The zero-order chi connectivity index (χ0) is 16.5. The Morgan fingerprint density at radius 1 is 1.25 bits per heavy atom. The van der Waals surface area contributed by atoms with Crippen molar-refractivity contribution in [1.82, 2.24) is 20.4 Å². The third-order valence-corrected chi connectivity index (χ3v) is 5.46. The van der Waals surface area contributed by atoms with Crippen LogP contribution >= 0.6 is 11.6 Å². The second kappa shape index (κ2) is 6.48. The van der Waals surface area contributed by atoms with Crippen molar-refractivity contribution in [3.63, 3.8) is 0 Å². The maximum Gasteiger partial charge on any atom is 0.317 e. The summed E-state index contributed by atoms with van der Waals surface area (Å²) in [5.41, 5.74) is 3.64. The van der Waals surface area contributed by atoms with Crippen LogP contribution in [0.2, 0.25) is 5.02 Å². The average molecular weight is 345 g/mol. The lowest BCUT2D eigenvalue weighted by Crippen LogP contribution is -2.45. The number of aromatic amines is 1. The molecule has 0 saturated carbocycles. The number of carbonyl (C=O) groups is 1. The lowest BCUT2D eigenvalue weighted by atomic mass is 9.94. The van der Waals surface area contributed by atoms with Gasteiger partial charge >= 0.3 is 6.03 Å². The Hall–Kier alpha value is -2.01. The number of hydrogen-bond acceptors (Lipinski definition) is 2. The molecule has 6 heteroatoms. The summed E-state index contributed by atoms with van der Waals surface area (Å²) in [6.45, 7) is 1.57. The van der Waals surface area contributed by atoms with Gasteiger partial charge in [0.15, 0.2) is 0 Å². The summed E-state index contributed by atoms with van der Waals surface area (Å²) in [6, 6.07) is 8.14. The number of aryl methyl sites for hydroxylation is 1. The predicted octanol–water partition coefficient (Wildman–Crippen LogP) is 3.64. The number of nitrogens with one attached hydrogen (secondary N) is 2. The van der Waals surface area contributed by atoms with Crippen molar-refractivity contribution >= 4 is 17.6 Å². The van der Waals surface area contributed by atoms with E-state index in [0.717, 1.165) is 43.8 Å². The van der Waals surface area contributed by atoms with Crippen molar-refractivity contribution in [3.05, 3.63) is 52.3 Å². The van der Waals surface area contributed by atoms with Gasteiger partial charge in [-0.25, -0.2) is 4.79 Å². The molecule has 126 valence electrons. The number of hydrogen-bond donors (Lipinski definition) is 2. The summed E-state index contributed by atoms with van der Waals surface area (Å²) in [5.74, 6) is 0.478. The van der Waals surface area contributed by atoms with E-state index >= 15 is 0 Å². The molecule has 2 N–H and O–H groups in total. The van der Waals surface area contributed by atoms with Gasteiger partial charge in [0.25, 0.3) is 0 Å². The van der Waals surface area contributed by atoms with Gasteiger partial charge in [0, 0.05) is 35.9 Å². The highest BCUT2D eigenvalue weighted by atomic mass is 35.5. The fourth-order valence-electron chi connectivity index (χ4n) is 3.86. The van der Waals surface area contributed by atoms with Crippen LogP contribution in [0, 0.1) is 0 Å². The van der Waals surface area contributed by atoms with E-state index in [0.29, 0.717) is 5.92 Å². The number of carbonyl (C=O) groups excluding carboxylic acids is 1. The standard InChI is InChI=1S/C18H21ClN4O/c19-14-2-3-15-13(11-14)1-4-17(15)21-18(24)23-9-6-12(7-10-23)16-5-8-20-22-16/h2-3,5,8,11-12,17H,1,4,6-7,9-10H2,(H,20,22)(H,21,24). The van der Waals surface area contributed by atoms with Crippen LogP contribution in [0.3, 0.4) is 0 Å². The molecule has 5 nitrogen and oxygen atoms in total. The predicted molar refractivity (Wildman–Crippen MR) is 93.2 cm³/mol. The summed E-state index contributed by atoms with van der Waals surface area (Å²) in [4.78, 5) is 14.5. The summed E-state index contributed by atoms with van der Waals surface area (Å²) in [7, 11) is 0. The quantitative estimate of drug-likeness (QED) is 0.873. The van der Waals surface area contributed by atoms with Gasteiger partial charge < -0.3 is 10.2 Å². The number of fused-ring (bicyclic) bond motifs is 1. The maximum atomic E-state index is 12.6. The Morgan fingerprint density at radius 2 is 2.08 bits per heavy atom. The molecule has 1 aromatic heterocycles. The van der Waals surface area contributed by atoms with Gasteiger partial charge in [-0.3, -0.25) is 5.10 Å². The molecule has 1 aliphatic heterocycles. The molecule has 1 atom stereocenters. The molecule has 1 unspecified atom stereocenters. The summed E-state index contributed by atoms with van der Waals surface area (Å²) >= 11 is 6.05. The first-order valence-electron chi connectivity index (χ1n) is 8.54. The van der Waals surface area contributed by atoms with Crippen molar-refractivity contribution < 1.29 is 4.79 Å². The van der Waals surface area contributed by atoms with Crippen LogP contribution in [0.15, 0.2) is 30.5 Å². The number of H-pyrrole nitrogens is 1. The number of rotatable bonds is 2. The molecule has 2 heterocycles. The largest absolute Gasteiger partial charge is 0.331 e. The van der Waals surface area contributed by atoms with Crippen molar-refractivity contribution in [1.29, 1.82) is 0 Å². The molecule has 2 aromatic rings. The molecule has 1 aromatic carbocycles. The smallest absolute Gasteiger partial charge is 0.317 e. The lowest BCUT2D eigenvalue weighted by molar-refractivity contribution is 0.177. The minimum atomic E-state index is 0.0471. The van der Waals surface area contributed by atoms with Gasteiger partial charge in [-0.1, -0.05) is 17.7 Å². The fourth-order valence-corrected chi connectivity index (χ4v) is 4.06. The van der Waals surface area contributed by atoms with Crippen LogP contribution in [0.1, 0.15) is 48.0 Å². The normalized spacial score (nSPS) is 20.9. The van der Waals surface area contributed by atoms with Crippen LogP contribution in [0.4, 0.5) is 4.79 Å². The number of nitrogens with zero attached hydrogens (tertiary/aromatic N) is 2. The van der Waals surface area contributed by atoms with Gasteiger partial charge in [-0.15, -0.1) is 0 Å². The van der Waals surface area contributed by atoms with Crippen molar-refractivity contribution in [2.24, 2.45) is 0 Å². The molecule has 0 spiro atoms. The zero-order valence-electron chi connectivity index (χ0n) is 13.5. The van der Waals surface area contributed by atoms with Gasteiger partial charge in [-0.05, 0) is 55.0 Å². The number of likely N-dealkylation sites (tertiary alicyclic amines) is 1. The number of urea groups is 1. The van der Waals surface area contributed by atoms with E-state index < -0.39 is 0 Å². The van der Waals surface area contributed by atoms with Crippen molar-refractivity contribution in [2.75, 3.05) is 13.1 Å². The third-order valence-electron chi connectivity index (χ3n) is 5.22. The van der Waals surface area contributed by atoms with Crippen molar-refractivity contribution in [2.45, 2.75) is 37.6 Å². The Balaban J connectivity index is 1.35. The van der Waals surface area contributed by atoms with Crippen LogP contribution in [-0.4, -0.2) is 34.2 Å². The highest BCUT2D eigenvalue weighted by molar-refractivity contribution is 6.30. The molecule has 24 heavy (non-hydrogen) atoms. The molecule has 0 bridgehead atoms. The zero-order valence-corrected chi connectivity index (χ0v) is 14.2. The number of piperidine rings is 1. The second-order valence-electron chi connectivity index (χ2n) is 6.66. The monoisotopic (exact) mass is 344 g/mol. The van der Waals surface area contributed by atoms with Crippen LogP contribution in [0.25, 0.3) is 0 Å². The van der Waals surface area contributed by atoms with E-state index in [-0.39, 0.29) is 12.1 Å². The molecule has 2 aliphatic rings. The number of halogens is 1. The SMILES string of the molecule is O=C(NC1CCc2cc(Cl)ccc21)N1CCC(c2ccn[nH]2)CC1. The fraction of sp³-hybridized carbons (Fsp3) is 0.444. The average Bonchev–Trinajstić information content (AvgIpc) is 3.25. The van der Waals surface area contributed by atoms with Crippen LogP contribution in [0.5, 0.6) is 0 Å². The highest BCUT2D eigenvalue weighted by Gasteiger charge is 2.28. The van der Waals surface area contributed by atoms with E-state index in [2.05, 4.69) is 15.5 Å². The Labute approximate surface area is 146 Å². The molecule has 0 radical (unpaired) electrons. The molecule has 1 fully saturated rings. The van der Waals surface area contributed by atoms with Gasteiger partial charge in [-0.2, -0.15) is 5.10 Å². The number of benzene rings is 1. The number of amides is 2. The minimum Gasteiger partial charge on any atom is -0.331 e. The number of aromatic nitrogens is 2. The Bertz CT molecular complexity index is 723. The Kier molecular flexibility index (Phi) is 4.19. The summed E-state index contributed by atoms with van der Waals surface area (Å²) in [6.07, 6.45) is 5.67. The summed E-state index contributed by atoms with van der Waals surface area (Å²) in [5, 5.41) is 11.0. The second-order valence-corrected chi connectivity index (χ2v) is 7.09. The minimum absolute atomic E-state index is 0.0471. The Morgan fingerprint density at radius 3 is 2.83 bits per heavy atom. The first-order chi connectivity index (χ1) is 11.7. The van der Waals surface area contributed by atoms with E-state index in [1.54, 1.807) is 6.20 Å². The van der Waals surface area contributed by atoms with E-state index in [1.165, 1.54) is 16.8 Å². The van der Waals surface area contributed by atoms with E-state index in [4.69, 9.17) is 11.6 Å². The first-order valence-corrected chi connectivity index (χ1v) is 8.91. The molecule has 1 aliphatic carbocycles. The molecule has 4 rings (SSSR count). The third kappa shape index (κ3) is 3.00.